The van der Waals surface area contributed by atoms with Crippen LogP contribution in [0.5, 0.6) is 11.5 Å². The fourth-order valence-electron chi connectivity index (χ4n) is 3.36. The lowest BCUT2D eigenvalue weighted by Crippen LogP contribution is -2.33. The number of ether oxygens (including phenoxy) is 2. The fourth-order valence-corrected chi connectivity index (χ4v) is 3.36. The molecule has 8 heteroatoms. The maximum absolute atomic E-state index is 14.1. The van der Waals surface area contributed by atoms with E-state index in [4.69, 9.17) is 14.3 Å². The van der Waals surface area contributed by atoms with E-state index in [1.54, 1.807) is 24.3 Å². The molecule has 0 saturated carbocycles. The van der Waals surface area contributed by atoms with Gasteiger partial charge < -0.3 is 14.3 Å². The normalized spacial score (nSPS) is 21.0. The number of rotatable bonds is 4. The second-order valence-electron chi connectivity index (χ2n) is 5.98. The topological polar surface area (TPSA) is 77.4 Å². The number of nitrogens with zero attached hydrogens (tertiary/aromatic N) is 2. The summed E-state index contributed by atoms with van der Waals surface area (Å²) in [4.78, 5) is 31.7. The molecule has 4 rings (SSSR count). The highest BCUT2D eigenvalue weighted by Crippen LogP contribution is 2.40. The molecule has 0 aliphatic carbocycles. The van der Waals surface area contributed by atoms with Gasteiger partial charge in [-0.15, -0.1) is 0 Å². The van der Waals surface area contributed by atoms with Crippen molar-refractivity contribution < 1.29 is 28.3 Å². The molecule has 138 valence electrons. The Morgan fingerprint density at radius 1 is 1.04 bits per heavy atom. The summed E-state index contributed by atoms with van der Waals surface area (Å²) in [6.45, 7) is 0. The van der Waals surface area contributed by atoms with Gasteiger partial charge in [0.15, 0.2) is 11.5 Å². The Morgan fingerprint density at radius 2 is 1.81 bits per heavy atom. The minimum Gasteiger partial charge on any atom is -0.493 e. The van der Waals surface area contributed by atoms with Gasteiger partial charge in [0, 0.05) is 5.56 Å². The van der Waals surface area contributed by atoms with Gasteiger partial charge in [-0.3, -0.25) is 9.59 Å². The highest BCUT2D eigenvalue weighted by molar-refractivity contribution is 6.32. The van der Waals surface area contributed by atoms with E-state index < -0.39 is 29.7 Å². The third-order valence-electron chi connectivity index (χ3n) is 4.58. The number of halogens is 1. The van der Waals surface area contributed by atoms with Crippen molar-refractivity contribution in [2.45, 2.75) is 6.10 Å². The summed E-state index contributed by atoms with van der Waals surface area (Å²) in [7, 11) is 2.95. The standard InChI is InChI=1S/C19H15FN2O5/c1-25-13-9-5-6-10(16(13)26-2)15-14-17(27-21-15)19(24)22(18(14)23)12-8-4-3-7-11(12)20/h3-9,14,17H,1-2H3/t14-,17+/m1/s1. The molecule has 2 heterocycles. The predicted molar refractivity (Wildman–Crippen MR) is 93.3 cm³/mol. The molecule has 2 aromatic carbocycles. The first-order valence-electron chi connectivity index (χ1n) is 8.16. The average molecular weight is 370 g/mol. The largest absolute Gasteiger partial charge is 0.493 e. The lowest BCUT2D eigenvalue weighted by atomic mass is 9.93. The van der Waals surface area contributed by atoms with Crippen LogP contribution in [0.25, 0.3) is 0 Å². The molecule has 2 atom stereocenters. The minimum atomic E-state index is -1.14. The van der Waals surface area contributed by atoms with Gasteiger partial charge in [-0.2, -0.15) is 0 Å². The van der Waals surface area contributed by atoms with Gasteiger partial charge in [0.1, 0.15) is 17.4 Å². The van der Waals surface area contributed by atoms with Crippen LogP contribution in [0.3, 0.4) is 0 Å². The van der Waals surface area contributed by atoms with Gasteiger partial charge in [-0.25, -0.2) is 9.29 Å². The Kier molecular flexibility index (Phi) is 4.02. The van der Waals surface area contributed by atoms with Gasteiger partial charge in [0.05, 0.1) is 19.9 Å². The Balaban J connectivity index is 1.76. The zero-order valence-electron chi connectivity index (χ0n) is 14.5. The lowest BCUT2D eigenvalue weighted by molar-refractivity contribution is -0.126. The molecule has 0 aromatic heterocycles. The third-order valence-corrected chi connectivity index (χ3v) is 4.58. The summed E-state index contributed by atoms with van der Waals surface area (Å²) in [5, 5.41) is 3.94. The molecule has 0 N–H and O–H groups in total. The summed E-state index contributed by atoms with van der Waals surface area (Å²) in [5.41, 5.74) is 0.608. The first-order chi connectivity index (χ1) is 13.1. The summed E-state index contributed by atoms with van der Waals surface area (Å²) < 4.78 is 24.8. The third kappa shape index (κ3) is 2.44. The van der Waals surface area contributed by atoms with Gasteiger partial charge in [0.25, 0.3) is 5.91 Å². The molecule has 0 spiro atoms. The predicted octanol–water partition coefficient (Wildman–Crippen LogP) is 2.14. The van der Waals surface area contributed by atoms with Crippen LogP contribution in [0.15, 0.2) is 47.6 Å². The van der Waals surface area contributed by atoms with Gasteiger partial charge in [-0.1, -0.05) is 23.4 Å². The molecule has 1 saturated heterocycles. The first kappa shape index (κ1) is 17.0. The van der Waals surface area contributed by atoms with Crippen LogP contribution < -0.4 is 14.4 Å². The highest BCUT2D eigenvalue weighted by atomic mass is 19.1. The molecule has 1 fully saturated rings. The van der Waals surface area contributed by atoms with Crippen molar-refractivity contribution in [3.8, 4) is 11.5 Å². The Bertz CT molecular complexity index is 974. The van der Waals surface area contributed by atoms with Crippen LogP contribution in [0.4, 0.5) is 10.1 Å². The average Bonchev–Trinajstić information content (AvgIpc) is 3.22. The fraction of sp³-hybridized carbons (Fsp3) is 0.211. The minimum absolute atomic E-state index is 0.109. The van der Waals surface area contributed by atoms with Crippen LogP contribution >= 0.6 is 0 Å². The van der Waals surface area contributed by atoms with Crippen LogP contribution in [0.2, 0.25) is 0 Å². The van der Waals surface area contributed by atoms with Crippen LogP contribution in [-0.2, 0) is 14.4 Å². The number of benzene rings is 2. The number of anilines is 1. The maximum Gasteiger partial charge on any atom is 0.279 e. The molecule has 0 bridgehead atoms. The molecule has 7 nitrogen and oxygen atoms in total. The number of amides is 2. The zero-order valence-corrected chi connectivity index (χ0v) is 14.5. The van der Waals surface area contributed by atoms with E-state index in [-0.39, 0.29) is 11.4 Å². The number of methoxy groups -OCH3 is 2. The zero-order chi connectivity index (χ0) is 19.1. The molecular weight excluding hydrogens is 355 g/mol. The number of carbonyl (C=O) groups is 2. The van der Waals surface area contributed by atoms with E-state index in [2.05, 4.69) is 5.16 Å². The quantitative estimate of drug-likeness (QED) is 0.771. The maximum atomic E-state index is 14.1. The van der Waals surface area contributed by atoms with E-state index in [1.165, 1.54) is 32.4 Å². The van der Waals surface area contributed by atoms with Crippen molar-refractivity contribution in [3.63, 3.8) is 0 Å². The highest BCUT2D eigenvalue weighted by Gasteiger charge is 2.57. The van der Waals surface area contributed by atoms with Crippen molar-refractivity contribution in [1.29, 1.82) is 0 Å². The van der Waals surface area contributed by atoms with Crippen molar-refractivity contribution in [2.24, 2.45) is 11.1 Å². The number of hydrogen-bond donors (Lipinski definition) is 0. The molecule has 2 aliphatic rings. The lowest BCUT2D eigenvalue weighted by Gasteiger charge is -2.17. The smallest absolute Gasteiger partial charge is 0.279 e. The molecule has 27 heavy (non-hydrogen) atoms. The second kappa shape index (κ2) is 6.39. The SMILES string of the molecule is COc1cccc(C2=NO[C@@H]3C(=O)N(c4ccccc4F)C(=O)[C@H]23)c1OC. The number of oxime groups is 1. The van der Waals surface area contributed by atoms with E-state index in [1.807, 2.05) is 0 Å². The Morgan fingerprint density at radius 3 is 2.52 bits per heavy atom. The summed E-state index contributed by atoms with van der Waals surface area (Å²) in [6, 6.07) is 10.7. The van der Waals surface area contributed by atoms with Gasteiger partial charge in [-0.05, 0) is 24.3 Å². The number of fused-ring (bicyclic) bond motifs is 1. The van der Waals surface area contributed by atoms with Gasteiger partial charge in [0.2, 0.25) is 12.0 Å². The van der Waals surface area contributed by atoms with E-state index in [0.717, 1.165) is 4.90 Å². The van der Waals surface area contributed by atoms with Crippen LogP contribution in [0.1, 0.15) is 5.56 Å². The second-order valence-corrected chi connectivity index (χ2v) is 5.98. The van der Waals surface area contributed by atoms with Crippen molar-refractivity contribution in [1.82, 2.24) is 0 Å². The van der Waals surface area contributed by atoms with E-state index >= 15 is 0 Å². The molecule has 2 amide bonds. The Hall–Kier alpha value is -3.42. The number of carbonyl (C=O) groups excluding carboxylic acids is 2. The first-order valence-corrected chi connectivity index (χ1v) is 8.16. The van der Waals surface area contributed by atoms with E-state index in [9.17, 15) is 14.0 Å². The summed E-state index contributed by atoms with van der Waals surface area (Å²) in [6.07, 6.45) is -1.14. The number of hydrogen-bond acceptors (Lipinski definition) is 6. The molecule has 0 radical (unpaired) electrons. The molecule has 2 aromatic rings. The van der Waals surface area contributed by atoms with Crippen molar-refractivity contribution in [2.75, 3.05) is 19.1 Å². The summed E-state index contributed by atoms with van der Waals surface area (Å²) >= 11 is 0. The molecule has 0 unspecified atom stereocenters. The van der Waals surface area contributed by atoms with E-state index in [0.29, 0.717) is 17.1 Å². The van der Waals surface area contributed by atoms with Crippen LogP contribution in [-0.4, -0.2) is 37.8 Å². The number of imide groups is 1. The van der Waals surface area contributed by atoms with Crippen LogP contribution in [0, 0.1) is 11.7 Å². The molecule has 2 aliphatic heterocycles. The summed E-state index contributed by atoms with van der Waals surface area (Å²) in [5.74, 6) is -2.10. The van der Waals surface area contributed by atoms with Gasteiger partial charge >= 0.3 is 0 Å². The molecular formula is C19H15FN2O5. The monoisotopic (exact) mass is 370 g/mol. The number of para-hydroxylation sites is 2. The Labute approximate surface area is 153 Å². The van der Waals surface area contributed by atoms with Crippen molar-refractivity contribution in [3.05, 3.63) is 53.8 Å². The van der Waals surface area contributed by atoms with Crippen molar-refractivity contribution >= 4 is 23.2 Å².